The van der Waals surface area contributed by atoms with E-state index in [0.29, 0.717) is 13.2 Å². The van der Waals surface area contributed by atoms with Crippen molar-refractivity contribution in [1.29, 1.82) is 0 Å². The molecular formula is C23H26N2O2. The van der Waals surface area contributed by atoms with Gasteiger partial charge in [0.25, 0.3) is 0 Å². The highest BCUT2D eigenvalue weighted by Crippen LogP contribution is 2.23. The van der Waals surface area contributed by atoms with Gasteiger partial charge >= 0.3 is 0 Å². The quantitative estimate of drug-likeness (QED) is 0.744. The lowest BCUT2D eigenvalue weighted by Gasteiger charge is -2.13. The first-order valence-electron chi connectivity index (χ1n) is 9.80. The van der Waals surface area contributed by atoms with Gasteiger partial charge in [0.05, 0.1) is 12.1 Å². The van der Waals surface area contributed by atoms with Gasteiger partial charge < -0.3 is 9.47 Å². The van der Waals surface area contributed by atoms with Crippen molar-refractivity contribution >= 4 is 11.8 Å². The molecule has 0 amide bonds. The standard InChI is InChI=1S/C23H26N2O2/c1-2-21(22-24-19(15-26-22)13-17-9-5-3-6-10-17)23-25-20(16-27-23)14-18-11-7-4-8-12-18/h3-12,19-21H,2,13-16H2,1H3/t19-,20-/m1/s1. The minimum atomic E-state index is 0.0338. The van der Waals surface area contributed by atoms with Gasteiger partial charge in [-0.25, -0.2) is 9.98 Å². The van der Waals surface area contributed by atoms with E-state index in [1.165, 1.54) is 11.1 Å². The molecule has 0 fully saturated rings. The lowest BCUT2D eigenvalue weighted by Crippen LogP contribution is -2.24. The molecule has 4 heteroatoms. The summed E-state index contributed by atoms with van der Waals surface area (Å²) in [5, 5.41) is 0. The van der Waals surface area contributed by atoms with Gasteiger partial charge in [-0.15, -0.1) is 0 Å². The average molecular weight is 362 g/mol. The third-order valence-electron chi connectivity index (χ3n) is 5.10. The molecule has 4 rings (SSSR count). The van der Waals surface area contributed by atoms with Gasteiger partial charge in [-0.05, 0) is 30.4 Å². The van der Waals surface area contributed by atoms with Crippen LogP contribution in [0.25, 0.3) is 0 Å². The highest BCUT2D eigenvalue weighted by atomic mass is 16.5. The molecule has 0 aliphatic carbocycles. The summed E-state index contributed by atoms with van der Waals surface area (Å²) in [6.45, 7) is 3.42. The monoisotopic (exact) mass is 362 g/mol. The molecule has 0 radical (unpaired) electrons. The van der Waals surface area contributed by atoms with Gasteiger partial charge in [-0.2, -0.15) is 0 Å². The smallest absolute Gasteiger partial charge is 0.196 e. The third-order valence-corrected chi connectivity index (χ3v) is 5.10. The van der Waals surface area contributed by atoms with Crippen LogP contribution >= 0.6 is 0 Å². The zero-order valence-electron chi connectivity index (χ0n) is 15.8. The number of rotatable bonds is 7. The van der Waals surface area contributed by atoms with Crippen molar-refractivity contribution in [2.75, 3.05) is 13.2 Å². The van der Waals surface area contributed by atoms with E-state index in [1.807, 2.05) is 12.1 Å². The van der Waals surface area contributed by atoms with Crippen molar-refractivity contribution in [3.8, 4) is 0 Å². The normalized spacial score (nSPS) is 21.6. The zero-order chi connectivity index (χ0) is 18.5. The Morgan fingerprint density at radius 3 is 1.63 bits per heavy atom. The molecule has 0 N–H and O–H groups in total. The molecule has 2 aliphatic rings. The molecule has 140 valence electrons. The fraction of sp³-hybridized carbons (Fsp3) is 0.391. The summed E-state index contributed by atoms with van der Waals surface area (Å²) in [4.78, 5) is 9.68. The molecule has 0 bridgehead atoms. The molecule has 2 heterocycles. The first-order chi connectivity index (χ1) is 13.3. The van der Waals surface area contributed by atoms with Crippen molar-refractivity contribution in [3.05, 3.63) is 71.8 Å². The molecule has 2 aliphatic heterocycles. The van der Waals surface area contributed by atoms with Crippen LogP contribution in [0.2, 0.25) is 0 Å². The Morgan fingerprint density at radius 1 is 0.778 bits per heavy atom. The Balaban J connectivity index is 1.41. The second kappa shape index (κ2) is 8.38. The summed E-state index contributed by atoms with van der Waals surface area (Å²) in [6.07, 6.45) is 2.70. The molecule has 0 unspecified atom stereocenters. The summed E-state index contributed by atoms with van der Waals surface area (Å²) >= 11 is 0. The molecule has 4 nitrogen and oxygen atoms in total. The van der Waals surface area contributed by atoms with E-state index in [0.717, 1.165) is 31.1 Å². The maximum atomic E-state index is 5.95. The Kier molecular flexibility index (Phi) is 5.52. The van der Waals surface area contributed by atoms with Gasteiger partial charge in [-0.3, -0.25) is 0 Å². The molecule has 2 atom stereocenters. The number of ether oxygens (including phenoxy) is 2. The molecule has 2 aromatic carbocycles. The van der Waals surface area contributed by atoms with Crippen molar-refractivity contribution < 1.29 is 9.47 Å². The topological polar surface area (TPSA) is 43.2 Å². The van der Waals surface area contributed by atoms with Gasteiger partial charge in [0, 0.05) is 0 Å². The molecule has 27 heavy (non-hydrogen) atoms. The molecule has 0 aromatic heterocycles. The Morgan fingerprint density at radius 2 is 1.22 bits per heavy atom. The summed E-state index contributed by atoms with van der Waals surface area (Å²) in [7, 11) is 0. The van der Waals surface area contributed by atoms with Gasteiger partial charge in [0.1, 0.15) is 19.1 Å². The number of hydrogen-bond donors (Lipinski definition) is 0. The minimum absolute atomic E-state index is 0.0338. The minimum Gasteiger partial charge on any atom is -0.478 e. The Hall–Kier alpha value is -2.62. The van der Waals surface area contributed by atoms with E-state index < -0.39 is 0 Å². The summed E-state index contributed by atoms with van der Waals surface area (Å²) < 4.78 is 11.9. The number of benzene rings is 2. The van der Waals surface area contributed by atoms with E-state index in [-0.39, 0.29) is 18.0 Å². The first-order valence-corrected chi connectivity index (χ1v) is 9.80. The molecule has 0 saturated heterocycles. The highest BCUT2D eigenvalue weighted by Gasteiger charge is 2.33. The van der Waals surface area contributed by atoms with Crippen molar-refractivity contribution in [2.45, 2.75) is 38.3 Å². The van der Waals surface area contributed by atoms with Crippen LogP contribution in [-0.2, 0) is 22.3 Å². The maximum absolute atomic E-state index is 5.95. The van der Waals surface area contributed by atoms with E-state index in [9.17, 15) is 0 Å². The van der Waals surface area contributed by atoms with E-state index in [4.69, 9.17) is 19.5 Å². The Labute approximate surface area is 161 Å². The average Bonchev–Trinajstić information content (AvgIpc) is 3.35. The van der Waals surface area contributed by atoms with Crippen molar-refractivity contribution in [2.24, 2.45) is 15.9 Å². The van der Waals surface area contributed by atoms with E-state index in [1.54, 1.807) is 0 Å². The Bertz CT molecular complexity index is 734. The van der Waals surface area contributed by atoms with Crippen LogP contribution in [0.3, 0.4) is 0 Å². The molecular weight excluding hydrogens is 336 g/mol. The fourth-order valence-electron chi connectivity index (χ4n) is 3.69. The van der Waals surface area contributed by atoms with Crippen LogP contribution in [0.4, 0.5) is 0 Å². The SMILES string of the molecule is CCC(C1=N[C@H](Cc2ccccc2)CO1)C1=N[C@H](Cc2ccccc2)CO1. The van der Waals surface area contributed by atoms with Crippen molar-refractivity contribution in [1.82, 2.24) is 0 Å². The van der Waals surface area contributed by atoms with Crippen LogP contribution in [0.15, 0.2) is 70.6 Å². The lowest BCUT2D eigenvalue weighted by molar-refractivity contribution is 0.281. The maximum Gasteiger partial charge on any atom is 0.196 e. The van der Waals surface area contributed by atoms with Crippen molar-refractivity contribution in [3.63, 3.8) is 0 Å². The molecule has 0 saturated carbocycles. The van der Waals surface area contributed by atoms with Crippen LogP contribution in [0.1, 0.15) is 24.5 Å². The van der Waals surface area contributed by atoms with E-state index >= 15 is 0 Å². The third kappa shape index (κ3) is 4.38. The second-order valence-corrected chi connectivity index (χ2v) is 7.20. The summed E-state index contributed by atoms with van der Waals surface area (Å²) in [5.41, 5.74) is 2.59. The van der Waals surface area contributed by atoms with Crippen LogP contribution in [0.5, 0.6) is 0 Å². The van der Waals surface area contributed by atoms with Crippen LogP contribution in [0, 0.1) is 5.92 Å². The predicted octanol–water partition coefficient (Wildman–Crippen LogP) is 4.09. The van der Waals surface area contributed by atoms with Crippen LogP contribution < -0.4 is 0 Å². The second-order valence-electron chi connectivity index (χ2n) is 7.20. The highest BCUT2D eigenvalue weighted by molar-refractivity contribution is 6.01. The number of hydrogen-bond acceptors (Lipinski definition) is 4. The largest absolute Gasteiger partial charge is 0.478 e. The first kappa shape index (κ1) is 17.8. The van der Waals surface area contributed by atoms with E-state index in [2.05, 4.69) is 55.5 Å². The summed E-state index contributed by atoms with van der Waals surface area (Å²) in [5.74, 6) is 1.61. The van der Waals surface area contributed by atoms with Crippen LogP contribution in [-0.4, -0.2) is 37.1 Å². The van der Waals surface area contributed by atoms with Gasteiger partial charge in [0.2, 0.25) is 0 Å². The number of nitrogens with zero attached hydrogens (tertiary/aromatic N) is 2. The predicted molar refractivity (Wildman–Crippen MR) is 108 cm³/mol. The fourth-order valence-corrected chi connectivity index (χ4v) is 3.69. The molecule has 0 spiro atoms. The number of aliphatic imine (C=N–C) groups is 2. The van der Waals surface area contributed by atoms with Gasteiger partial charge in [0.15, 0.2) is 11.8 Å². The lowest BCUT2D eigenvalue weighted by atomic mass is 10.1. The summed E-state index contributed by atoms with van der Waals surface area (Å²) in [6, 6.07) is 21.3. The molecule has 2 aromatic rings. The zero-order valence-corrected chi connectivity index (χ0v) is 15.8. The van der Waals surface area contributed by atoms with Gasteiger partial charge in [-0.1, -0.05) is 67.6 Å².